The number of epoxide rings is 1. The van der Waals surface area contributed by atoms with Crippen LogP contribution in [0.1, 0.15) is 46.5 Å². The van der Waals surface area contributed by atoms with Crippen molar-refractivity contribution in [3.63, 3.8) is 0 Å². The first kappa shape index (κ1) is 11.4. The van der Waals surface area contributed by atoms with Crippen molar-refractivity contribution < 1.29 is 4.74 Å². The van der Waals surface area contributed by atoms with Crippen molar-refractivity contribution in [2.24, 2.45) is 17.3 Å². The molecule has 0 spiro atoms. The summed E-state index contributed by atoms with van der Waals surface area (Å²) in [6.07, 6.45) is 6.11. The summed E-state index contributed by atoms with van der Waals surface area (Å²) in [6, 6.07) is 0. The van der Waals surface area contributed by atoms with Crippen molar-refractivity contribution in [1.82, 2.24) is 0 Å². The first-order chi connectivity index (χ1) is 7.61. The molecule has 2 heteroatoms. The van der Waals surface area contributed by atoms with Gasteiger partial charge in [0.05, 0.1) is 6.10 Å². The van der Waals surface area contributed by atoms with Gasteiger partial charge in [-0.1, -0.05) is 27.2 Å². The lowest BCUT2D eigenvalue weighted by Gasteiger charge is -2.58. The van der Waals surface area contributed by atoms with Gasteiger partial charge in [-0.15, -0.1) is 0 Å². The molecular weight excluding hydrogens is 216 g/mol. The van der Waals surface area contributed by atoms with E-state index in [-0.39, 0.29) is 0 Å². The van der Waals surface area contributed by atoms with Gasteiger partial charge in [0, 0.05) is 5.75 Å². The zero-order chi connectivity index (χ0) is 11.4. The molecule has 4 aliphatic rings. The van der Waals surface area contributed by atoms with Gasteiger partial charge in [0.25, 0.3) is 0 Å². The van der Waals surface area contributed by atoms with Crippen LogP contribution >= 0.6 is 11.8 Å². The number of ether oxygens (including phenoxy) is 1. The van der Waals surface area contributed by atoms with Gasteiger partial charge < -0.3 is 4.74 Å². The summed E-state index contributed by atoms with van der Waals surface area (Å²) in [6.45, 7) is 7.19. The minimum atomic E-state index is 0.316. The minimum Gasteiger partial charge on any atom is -0.365 e. The van der Waals surface area contributed by atoms with Crippen molar-refractivity contribution >= 4 is 11.8 Å². The second-order valence-electron chi connectivity index (χ2n) is 6.51. The maximum absolute atomic E-state index is 6.11. The van der Waals surface area contributed by atoms with E-state index >= 15 is 0 Å². The highest BCUT2D eigenvalue weighted by atomic mass is 32.2. The fourth-order valence-electron chi connectivity index (χ4n) is 3.99. The molecule has 1 nitrogen and oxygen atoms in total. The summed E-state index contributed by atoms with van der Waals surface area (Å²) < 4.78 is 6.11. The van der Waals surface area contributed by atoms with Gasteiger partial charge in [-0.2, -0.15) is 11.8 Å². The van der Waals surface area contributed by atoms with Crippen molar-refractivity contribution in [2.45, 2.75) is 58.2 Å². The lowest BCUT2D eigenvalue weighted by Crippen LogP contribution is -2.58. The largest absolute Gasteiger partial charge is 0.365 e. The molecule has 1 heterocycles. The Kier molecular flexibility index (Phi) is 2.60. The number of unbranched alkanes of at least 4 members (excludes halogenated alkanes) is 1. The molecule has 0 amide bonds. The summed E-state index contributed by atoms with van der Waals surface area (Å²) in [5.74, 6) is 4.40. The molecule has 0 radical (unpaired) electrons. The van der Waals surface area contributed by atoms with Crippen LogP contribution in [0.3, 0.4) is 0 Å². The highest BCUT2D eigenvalue weighted by molar-refractivity contribution is 7.99. The zero-order valence-corrected chi connectivity index (χ0v) is 11.6. The van der Waals surface area contributed by atoms with Crippen LogP contribution in [0.4, 0.5) is 0 Å². The minimum absolute atomic E-state index is 0.316. The van der Waals surface area contributed by atoms with Crippen molar-refractivity contribution in [3.8, 4) is 0 Å². The van der Waals surface area contributed by atoms with Crippen LogP contribution in [-0.4, -0.2) is 23.2 Å². The molecule has 0 aromatic heterocycles. The van der Waals surface area contributed by atoms with E-state index in [0.29, 0.717) is 17.1 Å². The average Bonchev–Trinajstić information content (AvgIpc) is 2.98. The van der Waals surface area contributed by atoms with E-state index in [1.165, 1.54) is 37.2 Å². The SMILES string of the molecule is CCCCSC[C@]12O[C@H]1C[C@H]1C[C@@H]2C1(C)C. The molecule has 0 aromatic rings. The number of thioether (sulfide) groups is 1. The third-order valence-corrected chi connectivity index (χ3v) is 6.61. The quantitative estimate of drug-likeness (QED) is 0.536. The van der Waals surface area contributed by atoms with E-state index in [1.807, 2.05) is 0 Å². The molecule has 0 N–H and O–H groups in total. The molecular formula is C14H24OS. The van der Waals surface area contributed by atoms with E-state index in [0.717, 1.165) is 11.8 Å². The molecule has 0 unspecified atom stereocenters. The Bertz CT molecular complexity index is 288. The lowest BCUT2D eigenvalue weighted by molar-refractivity contribution is -0.0774. The van der Waals surface area contributed by atoms with Crippen LogP contribution in [0.25, 0.3) is 0 Å². The summed E-state index contributed by atoms with van der Waals surface area (Å²) in [4.78, 5) is 0. The van der Waals surface area contributed by atoms with Crippen LogP contribution in [0.2, 0.25) is 0 Å². The fourth-order valence-corrected chi connectivity index (χ4v) is 5.41. The second kappa shape index (κ2) is 3.65. The molecule has 2 bridgehead atoms. The second-order valence-corrected chi connectivity index (χ2v) is 7.62. The maximum atomic E-state index is 6.11. The van der Waals surface area contributed by atoms with Crippen LogP contribution in [0, 0.1) is 17.3 Å². The van der Waals surface area contributed by atoms with Crippen LogP contribution < -0.4 is 0 Å². The molecule has 16 heavy (non-hydrogen) atoms. The highest BCUT2D eigenvalue weighted by Crippen LogP contribution is 2.70. The van der Waals surface area contributed by atoms with E-state index in [2.05, 4.69) is 32.5 Å². The summed E-state index contributed by atoms with van der Waals surface area (Å²) in [5.41, 5.74) is 0.884. The van der Waals surface area contributed by atoms with Crippen molar-refractivity contribution in [2.75, 3.05) is 11.5 Å². The van der Waals surface area contributed by atoms with Gasteiger partial charge in [0.15, 0.2) is 0 Å². The predicted octanol–water partition coefficient (Wildman–Crippen LogP) is 3.72. The Labute approximate surface area is 104 Å². The van der Waals surface area contributed by atoms with E-state index in [9.17, 15) is 0 Å². The van der Waals surface area contributed by atoms with Crippen LogP contribution in [0.5, 0.6) is 0 Å². The summed E-state index contributed by atoms with van der Waals surface area (Å²) in [7, 11) is 0. The predicted molar refractivity (Wildman–Crippen MR) is 69.8 cm³/mol. The number of hydrogen-bond donors (Lipinski definition) is 0. The van der Waals surface area contributed by atoms with E-state index in [1.54, 1.807) is 0 Å². The Morgan fingerprint density at radius 3 is 2.81 bits per heavy atom. The lowest BCUT2D eigenvalue weighted by atomic mass is 9.46. The van der Waals surface area contributed by atoms with Gasteiger partial charge >= 0.3 is 0 Å². The first-order valence-corrected chi connectivity index (χ1v) is 8.02. The molecule has 0 aromatic carbocycles. The molecule has 1 aliphatic heterocycles. The standard InChI is InChI=1S/C14H24OS/c1-4-5-6-16-9-14-11-7-10(13(11,2)3)8-12(14)15-14/h10-12H,4-9H2,1-3H3/t10-,11-,12+,14-/m1/s1. The molecule has 1 saturated heterocycles. The Balaban J connectivity index is 1.58. The Morgan fingerprint density at radius 1 is 1.31 bits per heavy atom. The summed E-state index contributed by atoms with van der Waals surface area (Å²) in [5, 5.41) is 0. The van der Waals surface area contributed by atoms with E-state index in [4.69, 9.17) is 4.74 Å². The van der Waals surface area contributed by atoms with Gasteiger partial charge in [0.2, 0.25) is 0 Å². The van der Waals surface area contributed by atoms with Gasteiger partial charge in [-0.25, -0.2) is 0 Å². The van der Waals surface area contributed by atoms with E-state index < -0.39 is 0 Å². The normalized spacial score (nSPS) is 47.1. The zero-order valence-electron chi connectivity index (χ0n) is 10.8. The topological polar surface area (TPSA) is 12.5 Å². The Morgan fingerprint density at radius 2 is 2.12 bits per heavy atom. The molecule has 4 atom stereocenters. The fraction of sp³-hybridized carbons (Fsp3) is 1.00. The molecule has 3 aliphatic carbocycles. The van der Waals surface area contributed by atoms with Gasteiger partial charge in [-0.05, 0) is 42.3 Å². The van der Waals surface area contributed by atoms with Gasteiger partial charge in [0.1, 0.15) is 5.60 Å². The number of rotatable bonds is 5. The van der Waals surface area contributed by atoms with Crippen LogP contribution in [-0.2, 0) is 4.74 Å². The smallest absolute Gasteiger partial charge is 0.107 e. The highest BCUT2D eigenvalue weighted by Gasteiger charge is 2.74. The van der Waals surface area contributed by atoms with Crippen LogP contribution in [0.15, 0.2) is 0 Å². The molecule has 92 valence electrons. The van der Waals surface area contributed by atoms with Crippen molar-refractivity contribution in [3.05, 3.63) is 0 Å². The monoisotopic (exact) mass is 240 g/mol. The maximum Gasteiger partial charge on any atom is 0.107 e. The molecule has 4 rings (SSSR count). The summed E-state index contributed by atoms with van der Waals surface area (Å²) >= 11 is 2.13. The third kappa shape index (κ3) is 1.42. The number of hydrogen-bond acceptors (Lipinski definition) is 2. The van der Waals surface area contributed by atoms with Crippen molar-refractivity contribution in [1.29, 1.82) is 0 Å². The molecule has 3 saturated carbocycles. The first-order valence-electron chi connectivity index (χ1n) is 6.87. The third-order valence-electron chi connectivity index (χ3n) is 5.38. The van der Waals surface area contributed by atoms with Gasteiger partial charge in [-0.3, -0.25) is 0 Å². The molecule has 4 fully saturated rings. The Hall–Kier alpha value is 0.310. The average molecular weight is 240 g/mol.